The molecule has 0 saturated carbocycles. The predicted octanol–water partition coefficient (Wildman–Crippen LogP) is 21.4. The van der Waals surface area contributed by atoms with Gasteiger partial charge in [0.2, 0.25) is 0 Å². The monoisotopic (exact) mass is 1730 g/mol. The fourth-order valence-corrected chi connectivity index (χ4v) is 19.1. The number of nitrogens with zero attached hydrogens (tertiary/aromatic N) is 8. The maximum atomic E-state index is 13.4. The first-order chi connectivity index (χ1) is 60.0. The zero-order chi connectivity index (χ0) is 87.1. The molecule has 0 spiro atoms. The maximum Gasteiger partial charge on any atom is 0.410 e. The van der Waals surface area contributed by atoms with Crippen LogP contribution < -0.4 is 10.2 Å². The molecule has 5 aliphatic heterocycles. The van der Waals surface area contributed by atoms with Gasteiger partial charge in [0.15, 0.2) is 0 Å². The zero-order valence-corrected chi connectivity index (χ0v) is 74.7. The first-order valence-electron chi connectivity index (χ1n) is 43.5. The van der Waals surface area contributed by atoms with Crippen molar-refractivity contribution in [3.8, 4) is 0 Å². The van der Waals surface area contributed by atoms with Gasteiger partial charge < -0.3 is 54.2 Å². The Labute approximate surface area is 740 Å². The lowest BCUT2D eigenvalue weighted by atomic mass is 9.85. The molecule has 1 fully saturated rings. The molecule has 5 aliphatic rings. The Balaban J connectivity index is 0.000000128. The molecule has 5 amide bonds. The second kappa shape index (κ2) is 38.6. The van der Waals surface area contributed by atoms with Crippen LogP contribution in [0.1, 0.15) is 203 Å². The predicted molar refractivity (Wildman–Crippen MR) is 495 cm³/mol. The molecule has 10 heterocycles. The number of nitrogens with one attached hydrogen (secondary N) is 5. The number of H-pyrrole nitrogens is 4. The van der Waals surface area contributed by atoms with Crippen molar-refractivity contribution in [3.63, 3.8) is 0 Å². The second-order valence-electron chi connectivity index (χ2n) is 33.2. The lowest BCUT2D eigenvalue weighted by molar-refractivity contribution is 0.0642. The summed E-state index contributed by atoms with van der Waals surface area (Å²) in [6.45, 7) is 28.7. The molecule has 5 atom stereocenters. The fourth-order valence-electron chi connectivity index (χ4n) is 18.6. The molecule has 5 N–H and O–H groups in total. The highest BCUT2D eigenvalue weighted by molar-refractivity contribution is 6.32. The van der Waals surface area contributed by atoms with Gasteiger partial charge in [-0.2, -0.15) is 0 Å². The van der Waals surface area contributed by atoms with E-state index in [1.807, 2.05) is 127 Å². The van der Waals surface area contributed by atoms with E-state index >= 15 is 0 Å². The Kier molecular flexibility index (Phi) is 27.2. The Hall–Kier alpha value is -11.6. The van der Waals surface area contributed by atoms with Gasteiger partial charge >= 0.3 is 18.3 Å². The van der Waals surface area contributed by atoms with Crippen LogP contribution in [0.5, 0.6) is 0 Å². The molecule has 0 aliphatic carbocycles. The number of piperazine rings is 1. The van der Waals surface area contributed by atoms with Crippen molar-refractivity contribution in [2.24, 2.45) is 5.92 Å². The van der Waals surface area contributed by atoms with Gasteiger partial charge in [0.25, 0.3) is 11.8 Å². The molecule has 24 heteroatoms. The van der Waals surface area contributed by atoms with Crippen LogP contribution in [0.2, 0.25) is 15.1 Å². The quantitative estimate of drug-likeness (QED) is 0.0603. The van der Waals surface area contributed by atoms with E-state index < -0.39 is 0 Å². The maximum absolute atomic E-state index is 13.4. The van der Waals surface area contributed by atoms with Crippen molar-refractivity contribution in [1.82, 2.24) is 59.7 Å². The van der Waals surface area contributed by atoms with E-state index in [1.54, 1.807) is 42.2 Å². The van der Waals surface area contributed by atoms with Crippen molar-refractivity contribution in [2.45, 2.75) is 137 Å². The van der Waals surface area contributed by atoms with Crippen molar-refractivity contribution in [3.05, 3.63) is 299 Å². The second-order valence-corrected chi connectivity index (χ2v) is 34.5. The van der Waals surface area contributed by atoms with Gasteiger partial charge in [0.1, 0.15) is 17.9 Å². The first-order valence-corrected chi connectivity index (χ1v) is 44.6. The highest BCUT2D eigenvalue weighted by Crippen LogP contribution is 2.46. The molecule has 1 saturated heterocycles. The van der Waals surface area contributed by atoms with E-state index in [1.165, 1.54) is 55.5 Å². The normalized spacial score (nSPS) is 17.0. The third-order valence-electron chi connectivity index (χ3n) is 24.9. The Morgan fingerprint density at radius 3 is 1.40 bits per heavy atom. The number of aryl methyl sites for hydroxylation is 1. The Morgan fingerprint density at radius 1 is 0.468 bits per heavy atom. The van der Waals surface area contributed by atoms with Crippen LogP contribution in [0.4, 0.5) is 20.2 Å². The largest absolute Gasteiger partial charge is 0.450 e. The van der Waals surface area contributed by atoms with Crippen LogP contribution in [0.3, 0.4) is 0 Å². The number of rotatable bonds is 15. The topological polar surface area (TPSA) is 233 Å². The number of hydrogen-bond donors (Lipinski definition) is 5. The van der Waals surface area contributed by atoms with Crippen LogP contribution >= 0.6 is 34.8 Å². The van der Waals surface area contributed by atoms with E-state index in [0.29, 0.717) is 85.3 Å². The van der Waals surface area contributed by atoms with Crippen molar-refractivity contribution < 1.29 is 38.2 Å². The smallest absolute Gasteiger partial charge is 0.410 e. The van der Waals surface area contributed by atoms with E-state index in [0.717, 1.165) is 141 Å². The molecular formula is C100H110Cl3N13O8. The number of aromatic nitrogens is 6. The summed E-state index contributed by atoms with van der Waals surface area (Å²) < 4.78 is 16.1. The van der Waals surface area contributed by atoms with Crippen molar-refractivity contribution in [1.29, 1.82) is 0 Å². The first kappa shape index (κ1) is 87.3. The molecule has 18 rings (SSSR count). The number of anilines is 1. The summed E-state index contributed by atoms with van der Waals surface area (Å²) in [7, 11) is 1.60. The minimum absolute atomic E-state index is 0.0322. The van der Waals surface area contributed by atoms with E-state index in [2.05, 4.69) is 160 Å². The number of carbonyl (C=O) groups excluding carboxylic acids is 5. The number of amides is 5. The van der Waals surface area contributed by atoms with Crippen molar-refractivity contribution in [2.75, 3.05) is 90.7 Å². The molecule has 8 aromatic carbocycles. The number of ether oxygens (including phenoxy) is 3. The van der Waals surface area contributed by atoms with Crippen molar-refractivity contribution >= 4 is 114 Å². The molecule has 644 valence electrons. The highest BCUT2D eigenvalue weighted by Gasteiger charge is 2.41. The number of fused-ring (bicyclic) bond motifs is 12. The minimum Gasteiger partial charge on any atom is -0.450 e. The highest BCUT2D eigenvalue weighted by atomic mass is 35.5. The molecule has 5 aromatic heterocycles. The Morgan fingerprint density at radius 2 is 0.911 bits per heavy atom. The number of aromatic amines is 4. The molecule has 0 bridgehead atoms. The summed E-state index contributed by atoms with van der Waals surface area (Å²) in [6.07, 6.45) is 8.48. The summed E-state index contributed by atoms with van der Waals surface area (Å²) in [6, 6.07) is 56.4. The Bertz CT molecular complexity index is 6010. The number of halogens is 3. The number of carbonyl (C=O) groups is 5. The van der Waals surface area contributed by atoms with Crippen LogP contribution in [0.25, 0.3) is 43.6 Å². The molecular weight excluding hydrogens is 1620 g/mol. The van der Waals surface area contributed by atoms with Gasteiger partial charge in [0.05, 0.1) is 38.1 Å². The number of likely N-dealkylation sites (N-methyl/N-ethyl adjacent to an activating group) is 1. The molecule has 5 unspecified atom stereocenters. The summed E-state index contributed by atoms with van der Waals surface area (Å²) in [5, 5.41) is 9.37. The molecule has 13 aromatic rings. The summed E-state index contributed by atoms with van der Waals surface area (Å²) in [5.74, 6) is 2.05. The van der Waals surface area contributed by atoms with Gasteiger partial charge in [-0.25, -0.2) is 19.4 Å². The van der Waals surface area contributed by atoms with Gasteiger partial charge in [-0.3, -0.25) is 29.3 Å². The van der Waals surface area contributed by atoms with Crippen LogP contribution in [0.15, 0.2) is 188 Å². The third kappa shape index (κ3) is 18.5. The van der Waals surface area contributed by atoms with E-state index in [-0.39, 0.29) is 60.2 Å². The standard InChI is InChI=1S/C27H31ClN4O3.C26H31ClN2O2.C25H26N4.C22H22ClN3O3/c1-3-30-12-14-31(15-13-30)26(33)19-7-5-6-18(16-19)25-24-21(10-11-32(25)27(34)35-4-2)22-17-20(28)8-9-23(22)29-24;1-5-31-26(30)29-13-12-21-22-15-20(27)10-11-23(22)28-24(21)25(29)17(4)14-18-6-8-19(9-7-18)16(2)3;1-16(2)18-5-7-19(8-6-18)25-24-20(21-14-17(3)4-9-22(21)28-24)10-13-29(25)23-15-26-11-12-27-23;1-3-29-22(28)26-10-9-16-17-12-15(23)7-8-18(17)25-19(16)20(26)13-5-4-6-14(11-13)21(27)24-2/h5-9,16-17,25,29H,3-4,10-15H2,1-2H3;6-11,15-17,25,28H,5,12-14H2,1-4H3;4-9,11-12,14-16,25,28H,10,13H2,1-3H3;4-8,11-12,20,25H,3,9-10H2,1-2H3,(H,24,27). The van der Waals surface area contributed by atoms with Gasteiger partial charge in [-0.05, 0) is 231 Å². The van der Waals surface area contributed by atoms with Crippen LogP contribution in [0, 0.1) is 12.8 Å². The average molecular weight is 1730 g/mol. The lowest BCUT2D eigenvalue weighted by Crippen LogP contribution is -2.48. The van der Waals surface area contributed by atoms with Gasteiger partial charge in [-0.1, -0.05) is 161 Å². The van der Waals surface area contributed by atoms with E-state index in [4.69, 9.17) is 49.0 Å². The molecule has 0 radical (unpaired) electrons. The summed E-state index contributed by atoms with van der Waals surface area (Å²) in [4.78, 5) is 99.3. The van der Waals surface area contributed by atoms with Gasteiger partial charge in [-0.15, -0.1) is 0 Å². The third-order valence-corrected chi connectivity index (χ3v) is 25.6. The summed E-state index contributed by atoms with van der Waals surface area (Å²) >= 11 is 18.8. The lowest BCUT2D eigenvalue weighted by Gasteiger charge is -2.38. The minimum atomic E-state index is -0.381. The SMILES string of the molecule is CCOC(=O)N1CCc2c([nH]c3ccc(Cl)cc23)C1C(C)Cc1ccc(C(C)C)cc1.CCOC(=O)N1CCc2c([nH]c3ccc(Cl)cc23)C1c1cccc(C(=O)N2CCN(CC)CC2)c1.CCOC(=O)N1CCc2c([nH]c3ccc(Cl)cc23)C1c1cccc(C(=O)NC)c1.Cc1ccc2[nH]c3c(c2c1)CCN(c1cnccn1)C3c1ccc(C(C)C)cc1. The zero-order valence-electron chi connectivity index (χ0n) is 72.4. The molecule has 124 heavy (non-hydrogen) atoms. The average Bonchev–Trinajstić information content (AvgIpc) is 1.55. The van der Waals surface area contributed by atoms with Crippen LogP contribution in [-0.4, -0.2) is 170 Å². The molecule has 21 nitrogen and oxygen atoms in total. The number of hydrogen-bond acceptors (Lipinski definition) is 12. The van der Waals surface area contributed by atoms with Gasteiger partial charge in [0, 0.05) is 164 Å². The number of benzene rings is 8. The van der Waals surface area contributed by atoms with E-state index in [9.17, 15) is 24.0 Å². The summed E-state index contributed by atoms with van der Waals surface area (Å²) in [5.41, 5.74) is 23.0. The van der Waals surface area contributed by atoms with Crippen LogP contribution in [-0.2, 0) is 46.3 Å². The fraction of sp³-hybridized carbons (Fsp3) is 0.350.